The van der Waals surface area contributed by atoms with Gasteiger partial charge in [-0.3, -0.25) is 9.11 Å². The van der Waals surface area contributed by atoms with Gasteiger partial charge in [-0.15, -0.1) is 0 Å². The van der Waals surface area contributed by atoms with Crippen LogP contribution in [0.5, 0.6) is 0 Å². The summed E-state index contributed by atoms with van der Waals surface area (Å²) in [5.74, 6) is 0. The summed E-state index contributed by atoms with van der Waals surface area (Å²) in [5, 5.41) is 12.0. The predicted octanol–water partition coefficient (Wildman–Crippen LogP) is 0.955. The van der Waals surface area contributed by atoms with E-state index in [9.17, 15) is 0 Å². The highest BCUT2D eigenvalue weighted by molar-refractivity contribution is 7.79. The molecule has 1 aromatic carbocycles. The molecule has 0 unspecified atom stereocenters. The molecule has 0 aliphatic carbocycles. The van der Waals surface area contributed by atoms with Crippen LogP contribution in [0.4, 0.5) is 5.69 Å². The average Bonchev–Trinajstić information content (AvgIpc) is 2.04. The van der Waals surface area contributed by atoms with Crippen molar-refractivity contribution in [3.8, 4) is 0 Å². The van der Waals surface area contributed by atoms with E-state index < -0.39 is 10.4 Å². The zero-order valence-corrected chi connectivity index (χ0v) is 8.72. The molecule has 15 heavy (non-hydrogen) atoms. The molecule has 0 amide bonds. The molecule has 0 aliphatic heterocycles. The molecule has 8 heteroatoms. The van der Waals surface area contributed by atoms with Crippen LogP contribution in [-0.4, -0.2) is 17.5 Å². The van der Waals surface area contributed by atoms with Crippen LogP contribution >= 0.6 is 0 Å². The Bertz CT molecular complexity index is 376. The maximum absolute atomic E-state index is 8.74. The lowest BCUT2D eigenvalue weighted by Crippen LogP contribution is -1.89. The van der Waals surface area contributed by atoms with E-state index in [4.69, 9.17) is 34.0 Å². The SMILES string of the molecule is Cc1cccc(N)c1.N#N.O=S(=O)(O)O. The van der Waals surface area contributed by atoms with E-state index in [0.29, 0.717) is 0 Å². The molecule has 84 valence electrons. The normalized spacial score (nSPS) is 8.87. The first kappa shape index (κ1) is 15.8. The second-order valence-electron chi connectivity index (χ2n) is 2.36. The third-order valence-corrected chi connectivity index (χ3v) is 1.04. The summed E-state index contributed by atoms with van der Waals surface area (Å²) < 4.78 is 31.6. The van der Waals surface area contributed by atoms with Gasteiger partial charge in [-0.1, -0.05) is 12.1 Å². The van der Waals surface area contributed by atoms with Gasteiger partial charge in [-0.2, -0.15) is 8.42 Å². The first-order valence-corrected chi connectivity index (χ1v) is 4.91. The summed E-state index contributed by atoms with van der Waals surface area (Å²) in [6, 6.07) is 7.80. The standard InChI is InChI=1S/C7H9N.N2.H2O4S/c1-6-3-2-4-7(8)5-6;1-2;1-5(2,3)4/h2-5H,8H2,1H3;;(H2,1,2,3,4). The first-order chi connectivity index (χ1) is 6.79. The van der Waals surface area contributed by atoms with Gasteiger partial charge in [-0.05, 0) is 24.6 Å². The van der Waals surface area contributed by atoms with Gasteiger partial charge in [0.15, 0.2) is 0 Å². The lowest BCUT2D eigenvalue weighted by molar-refractivity contribution is 0.381. The van der Waals surface area contributed by atoms with E-state index in [1.54, 1.807) is 0 Å². The van der Waals surface area contributed by atoms with Gasteiger partial charge in [0.05, 0.1) is 0 Å². The Morgan fingerprint density at radius 1 is 1.27 bits per heavy atom. The monoisotopic (exact) mass is 233 g/mol. The minimum atomic E-state index is -4.67. The highest BCUT2D eigenvalue weighted by Gasteiger charge is 1.84. The molecule has 0 spiro atoms. The van der Waals surface area contributed by atoms with Crippen LogP contribution in [0.15, 0.2) is 24.3 Å². The number of hydrogen-bond donors (Lipinski definition) is 3. The zero-order valence-electron chi connectivity index (χ0n) is 7.90. The fourth-order valence-corrected chi connectivity index (χ4v) is 0.670. The summed E-state index contributed by atoms with van der Waals surface area (Å²) in [7, 11) is -4.67. The smallest absolute Gasteiger partial charge is 0.394 e. The number of nitrogen functional groups attached to an aromatic ring is 1. The van der Waals surface area contributed by atoms with Crippen LogP contribution < -0.4 is 5.73 Å². The second kappa shape index (κ2) is 7.69. The highest BCUT2D eigenvalue weighted by atomic mass is 32.3. The lowest BCUT2D eigenvalue weighted by atomic mass is 10.2. The van der Waals surface area contributed by atoms with Crippen molar-refractivity contribution in [1.29, 1.82) is 10.8 Å². The number of anilines is 1. The van der Waals surface area contributed by atoms with Crippen LogP contribution in [-0.2, 0) is 10.4 Å². The van der Waals surface area contributed by atoms with Gasteiger partial charge in [0.1, 0.15) is 0 Å². The molecular formula is C7H11N3O4S. The van der Waals surface area contributed by atoms with Gasteiger partial charge in [0.25, 0.3) is 0 Å². The Hall–Kier alpha value is -1.69. The second-order valence-corrected chi connectivity index (χ2v) is 3.26. The zero-order chi connectivity index (χ0) is 12.5. The van der Waals surface area contributed by atoms with Crippen LogP contribution in [0, 0.1) is 17.7 Å². The van der Waals surface area contributed by atoms with Gasteiger partial charge < -0.3 is 5.73 Å². The summed E-state index contributed by atoms with van der Waals surface area (Å²) in [6.07, 6.45) is 0. The molecule has 4 N–H and O–H groups in total. The van der Waals surface area contributed by atoms with Crippen molar-refractivity contribution in [3.63, 3.8) is 0 Å². The Kier molecular flexibility index (Phi) is 8.08. The van der Waals surface area contributed by atoms with Crippen molar-refractivity contribution < 1.29 is 17.5 Å². The molecule has 1 aromatic rings. The molecule has 0 aliphatic rings. The van der Waals surface area contributed by atoms with E-state index in [-0.39, 0.29) is 0 Å². The minimum Gasteiger partial charge on any atom is -0.399 e. The molecule has 0 saturated heterocycles. The predicted molar refractivity (Wildman–Crippen MR) is 53.2 cm³/mol. The van der Waals surface area contributed by atoms with Gasteiger partial charge in [0.2, 0.25) is 0 Å². The molecular weight excluding hydrogens is 222 g/mol. The quantitative estimate of drug-likeness (QED) is 0.343. The number of nitrogens with two attached hydrogens (primary N) is 1. The van der Waals surface area contributed by atoms with E-state index in [1.807, 2.05) is 31.2 Å². The summed E-state index contributed by atoms with van der Waals surface area (Å²) in [6.45, 7) is 2.02. The topological polar surface area (TPSA) is 148 Å². The summed E-state index contributed by atoms with van der Waals surface area (Å²) in [5.41, 5.74) is 7.51. The Balaban J connectivity index is 0. The van der Waals surface area contributed by atoms with Crippen LogP contribution in [0.3, 0.4) is 0 Å². The number of rotatable bonds is 0. The molecule has 0 aromatic heterocycles. The van der Waals surface area contributed by atoms with Gasteiger partial charge in [0, 0.05) is 16.5 Å². The number of nitrogens with zero attached hydrogens (tertiary/aromatic N) is 2. The van der Waals surface area contributed by atoms with E-state index in [1.165, 1.54) is 5.56 Å². The lowest BCUT2D eigenvalue weighted by Gasteiger charge is -1.91. The molecule has 0 fully saturated rings. The van der Waals surface area contributed by atoms with E-state index in [2.05, 4.69) is 0 Å². The van der Waals surface area contributed by atoms with E-state index in [0.717, 1.165) is 5.69 Å². The van der Waals surface area contributed by atoms with Crippen LogP contribution in [0.2, 0.25) is 0 Å². The van der Waals surface area contributed by atoms with Crippen molar-refractivity contribution in [3.05, 3.63) is 29.8 Å². The average molecular weight is 233 g/mol. The van der Waals surface area contributed by atoms with Crippen molar-refractivity contribution in [2.24, 2.45) is 0 Å². The Morgan fingerprint density at radius 3 is 1.87 bits per heavy atom. The van der Waals surface area contributed by atoms with E-state index >= 15 is 0 Å². The first-order valence-electron chi connectivity index (χ1n) is 3.51. The van der Waals surface area contributed by atoms with Gasteiger partial charge in [-0.25, -0.2) is 0 Å². The van der Waals surface area contributed by atoms with Crippen molar-refractivity contribution >= 4 is 16.1 Å². The molecule has 1 rings (SSSR count). The Labute approximate surface area is 87.5 Å². The van der Waals surface area contributed by atoms with Crippen LogP contribution in [0.25, 0.3) is 0 Å². The minimum absolute atomic E-state index is 0.838. The number of aryl methyl sites for hydroxylation is 1. The molecule has 0 atom stereocenters. The van der Waals surface area contributed by atoms with Crippen molar-refractivity contribution in [1.82, 2.24) is 0 Å². The van der Waals surface area contributed by atoms with Crippen molar-refractivity contribution in [2.45, 2.75) is 6.92 Å². The number of benzene rings is 1. The summed E-state index contributed by atoms with van der Waals surface area (Å²) in [4.78, 5) is 0. The maximum Gasteiger partial charge on any atom is 0.394 e. The third kappa shape index (κ3) is 18.9. The summed E-state index contributed by atoms with van der Waals surface area (Å²) >= 11 is 0. The molecule has 7 nitrogen and oxygen atoms in total. The van der Waals surface area contributed by atoms with Crippen LogP contribution in [0.1, 0.15) is 5.56 Å². The van der Waals surface area contributed by atoms with Crippen molar-refractivity contribution in [2.75, 3.05) is 5.73 Å². The molecule has 0 saturated carbocycles. The molecule has 0 bridgehead atoms. The fourth-order valence-electron chi connectivity index (χ4n) is 0.670. The molecule has 0 radical (unpaired) electrons. The maximum atomic E-state index is 8.74. The third-order valence-electron chi connectivity index (χ3n) is 1.04. The van der Waals surface area contributed by atoms with Gasteiger partial charge >= 0.3 is 10.4 Å². The highest BCUT2D eigenvalue weighted by Crippen LogP contribution is 2.03. The molecule has 0 heterocycles. The number of hydrogen-bond acceptors (Lipinski definition) is 5. The Morgan fingerprint density at radius 2 is 1.67 bits per heavy atom. The largest absolute Gasteiger partial charge is 0.399 e. The fraction of sp³-hybridized carbons (Fsp3) is 0.143.